The van der Waals surface area contributed by atoms with E-state index in [-0.39, 0.29) is 12.4 Å². The second-order valence-corrected chi connectivity index (χ2v) is 6.71. The van der Waals surface area contributed by atoms with E-state index in [9.17, 15) is 0 Å². The molecule has 3 aromatic carbocycles. The molecule has 0 unspecified atom stereocenters. The van der Waals surface area contributed by atoms with E-state index in [1.54, 1.807) is 7.11 Å². The van der Waals surface area contributed by atoms with Gasteiger partial charge in [-0.3, -0.25) is 0 Å². The number of nitrogens with one attached hydrogen (secondary N) is 1. The van der Waals surface area contributed by atoms with Gasteiger partial charge in [0.1, 0.15) is 11.6 Å². The van der Waals surface area contributed by atoms with Gasteiger partial charge >= 0.3 is 0 Å². The number of methoxy groups -OCH3 is 1. The van der Waals surface area contributed by atoms with Gasteiger partial charge in [-0.15, -0.1) is 12.4 Å². The van der Waals surface area contributed by atoms with E-state index in [2.05, 4.69) is 34.5 Å². The summed E-state index contributed by atoms with van der Waals surface area (Å²) in [5.74, 6) is 2.27. The molecule has 0 aliphatic heterocycles. The van der Waals surface area contributed by atoms with Crippen molar-refractivity contribution in [3.63, 3.8) is 0 Å². The van der Waals surface area contributed by atoms with Gasteiger partial charge in [-0.05, 0) is 60.7 Å². The summed E-state index contributed by atoms with van der Waals surface area (Å²) in [7, 11) is 5.72. The van der Waals surface area contributed by atoms with Crippen LogP contribution < -0.4 is 15.0 Å². The molecule has 0 aliphatic carbocycles. The Hall–Kier alpha value is -3.31. The zero-order chi connectivity index (χ0) is 19.5. The molecular weight excluding hydrogens is 384 g/mol. The lowest BCUT2D eigenvalue weighted by Gasteiger charge is -2.14. The van der Waals surface area contributed by atoms with Crippen molar-refractivity contribution in [3.05, 3.63) is 72.8 Å². The molecule has 148 valence electrons. The Morgan fingerprint density at radius 3 is 2.17 bits per heavy atom. The van der Waals surface area contributed by atoms with Crippen LogP contribution in [0.3, 0.4) is 0 Å². The van der Waals surface area contributed by atoms with Crippen molar-refractivity contribution in [2.45, 2.75) is 0 Å². The van der Waals surface area contributed by atoms with Crippen LogP contribution in [0.5, 0.6) is 5.75 Å². The highest BCUT2D eigenvalue weighted by Gasteiger charge is 2.10. The zero-order valence-corrected chi connectivity index (χ0v) is 17.4. The smallest absolute Gasteiger partial charge is 0.162 e. The summed E-state index contributed by atoms with van der Waals surface area (Å²) in [6.07, 6.45) is 0. The predicted octanol–water partition coefficient (Wildman–Crippen LogP) is 5.54. The molecule has 0 bridgehead atoms. The van der Waals surface area contributed by atoms with Gasteiger partial charge < -0.3 is 15.0 Å². The molecule has 4 rings (SSSR count). The molecule has 29 heavy (non-hydrogen) atoms. The molecule has 0 radical (unpaired) electrons. The summed E-state index contributed by atoms with van der Waals surface area (Å²) in [5.41, 5.74) is 3.97. The van der Waals surface area contributed by atoms with Gasteiger partial charge in [0.2, 0.25) is 0 Å². The SMILES string of the molecule is COc1ccc(-c2nc(Nc3ccc(N(C)C)cc3)c3ccccc3n2)cc1.Cl. The summed E-state index contributed by atoms with van der Waals surface area (Å²) >= 11 is 0. The second-order valence-electron chi connectivity index (χ2n) is 6.71. The molecule has 1 heterocycles. The molecule has 0 spiro atoms. The maximum absolute atomic E-state index is 5.25. The van der Waals surface area contributed by atoms with Gasteiger partial charge in [-0.1, -0.05) is 12.1 Å². The first kappa shape index (κ1) is 20.4. The maximum atomic E-state index is 5.25. The molecule has 0 amide bonds. The molecule has 6 heteroatoms. The van der Waals surface area contributed by atoms with E-state index in [1.165, 1.54) is 0 Å². The molecule has 1 aromatic heterocycles. The van der Waals surface area contributed by atoms with Crippen molar-refractivity contribution >= 4 is 40.5 Å². The summed E-state index contributed by atoms with van der Waals surface area (Å²) in [6, 6.07) is 24.1. The number of nitrogens with zero attached hydrogens (tertiary/aromatic N) is 3. The third-order valence-electron chi connectivity index (χ3n) is 4.60. The Morgan fingerprint density at radius 2 is 1.52 bits per heavy atom. The molecule has 4 aromatic rings. The van der Waals surface area contributed by atoms with Crippen LogP contribution in [0.15, 0.2) is 72.8 Å². The number of hydrogen-bond donors (Lipinski definition) is 1. The van der Waals surface area contributed by atoms with E-state index in [4.69, 9.17) is 14.7 Å². The van der Waals surface area contributed by atoms with Crippen molar-refractivity contribution in [1.29, 1.82) is 0 Å². The summed E-state index contributed by atoms with van der Waals surface area (Å²) < 4.78 is 5.25. The number of benzene rings is 3. The van der Waals surface area contributed by atoms with Crippen LogP contribution in [0.25, 0.3) is 22.3 Å². The fourth-order valence-corrected chi connectivity index (χ4v) is 3.02. The minimum atomic E-state index is 0. The highest BCUT2D eigenvalue weighted by Crippen LogP contribution is 2.28. The van der Waals surface area contributed by atoms with E-state index in [0.717, 1.165) is 39.4 Å². The predicted molar refractivity (Wildman–Crippen MR) is 123 cm³/mol. The third-order valence-corrected chi connectivity index (χ3v) is 4.60. The maximum Gasteiger partial charge on any atom is 0.162 e. The largest absolute Gasteiger partial charge is 0.497 e. The number of rotatable bonds is 5. The first-order chi connectivity index (χ1) is 13.6. The van der Waals surface area contributed by atoms with Crippen LogP contribution in [-0.2, 0) is 0 Å². The van der Waals surface area contributed by atoms with E-state index in [0.29, 0.717) is 5.82 Å². The number of para-hydroxylation sites is 1. The number of halogens is 1. The van der Waals surface area contributed by atoms with Crippen LogP contribution in [-0.4, -0.2) is 31.2 Å². The summed E-state index contributed by atoms with van der Waals surface area (Å²) in [4.78, 5) is 11.6. The van der Waals surface area contributed by atoms with Gasteiger partial charge in [-0.25, -0.2) is 9.97 Å². The average molecular weight is 407 g/mol. The fourth-order valence-electron chi connectivity index (χ4n) is 3.02. The molecule has 0 saturated carbocycles. The number of fused-ring (bicyclic) bond motifs is 1. The summed E-state index contributed by atoms with van der Waals surface area (Å²) in [5, 5.41) is 4.43. The number of anilines is 3. The lowest BCUT2D eigenvalue weighted by atomic mass is 10.1. The third kappa shape index (κ3) is 4.41. The average Bonchev–Trinajstić information content (AvgIpc) is 2.74. The Labute approximate surface area is 176 Å². The standard InChI is InChI=1S/C23H22N4O.ClH/c1-27(2)18-12-10-17(11-13-18)24-23-20-6-4-5-7-21(20)25-22(26-23)16-8-14-19(28-3)15-9-16;/h4-15H,1-3H3,(H,24,25,26);1H. The molecule has 0 saturated heterocycles. The van der Waals surface area contributed by atoms with Crippen molar-refractivity contribution in [2.75, 3.05) is 31.4 Å². The minimum absolute atomic E-state index is 0. The highest BCUT2D eigenvalue weighted by atomic mass is 35.5. The van der Waals surface area contributed by atoms with Crippen LogP contribution in [0, 0.1) is 0 Å². The minimum Gasteiger partial charge on any atom is -0.497 e. The Bertz CT molecular complexity index is 1100. The zero-order valence-electron chi connectivity index (χ0n) is 16.6. The highest BCUT2D eigenvalue weighted by molar-refractivity contribution is 5.92. The van der Waals surface area contributed by atoms with Crippen molar-refractivity contribution < 1.29 is 4.74 Å². The van der Waals surface area contributed by atoms with E-state index in [1.807, 2.05) is 62.6 Å². The second kappa shape index (κ2) is 8.80. The van der Waals surface area contributed by atoms with Crippen LogP contribution in [0.4, 0.5) is 17.2 Å². The molecule has 5 nitrogen and oxygen atoms in total. The van der Waals surface area contributed by atoms with Crippen molar-refractivity contribution in [3.8, 4) is 17.1 Å². The van der Waals surface area contributed by atoms with Gasteiger partial charge in [0, 0.05) is 36.4 Å². The van der Waals surface area contributed by atoms with Crippen LogP contribution >= 0.6 is 12.4 Å². The topological polar surface area (TPSA) is 50.3 Å². The summed E-state index contributed by atoms with van der Waals surface area (Å²) in [6.45, 7) is 0. The first-order valence-corrected chi connectivity index (χ1v) is 9.09. The van der Waals surface area contributed by atoms with Crippen molar-refractivity contribution in [1.82, 2.24) is 9.97 Å². The van der Waals surface area contributed by atoms with Crippen molar-refractivity contribution in [2.24, 2.45) is 0 Å². The monoisotopic (exact) mass is 406 g/mol. The lowest BCUT2D eigenvalue weighted by Crippen LogP contribution is -2.08. The molecule has 0 atom stereocenters. The number of ether oxygens (including phenoxy) is 1. The van der Waals surface area contributed by atoms with E-state index < -0.39 is 0 Å². The Morgan fingerprint density at radius 1 is 0.828 bits per heavy atom. The quantitative estimate of drug-likeness (QED) is 0.471. The molecular formula is C23H23ClN4O. The lowest BCUT2D eigenvalue weighted by molar-refractivity contribution is 0.415. The van der Waals surface area contributed by atoms with Crippen LogP contribution in [0.1, 0.15) is 0 Å². The molecule has 0 fully saturated rings. The Balaban J connectivity index is 0.00000240. The van der Waals surface area contributed by atoms with Gasteiger partial charge in [0.25, 0.3) is 0 Å². The number of hydrogen-bond acceptors (Lipinski definition) is 5. The van der Waals surface area contributed by atoms with Gasteiger partial charge in [-0.2, -0.15) is 0 Å². The Kier molecular flexibility index (Phi) is 6.20. The molecule has 1 N–H and O–H groups in total. The fraction of sp³-hybridized carbons (Fsp3) is 0.130. The van der Waals surface area contributed by atoms with Gasteiger partial charge in [0.15, 0.2) is 5.82 Å². The first-order valence-electron chi connectivity index (χ1n) is 9.09. The van der Waals surface area contributed by atoms with Gasteiger partial charge in [0.05, 0.1) is 12.6 Å². The molecule has 0 aliphatic rings. The van der Waals surface area contributed by atoms with Crippen LogP contribution in [0.2, 0.25) is 0 Å². The van der Waals surface area contributed by atoms with E-state index >= 15 is 0 Å². The number of aromatic nitrogens is 2. The normalized spacial score (nSPS) is 10.3.